The van der Waals surface area contributed by atoms with E-state index in [9.17, 15) is 4.79 Å². The molecule has 0 radical (unpaired) electrons. The molecule has 0 bridgehead atoms. The van der Waals surface area contributed by atoms with Crippen molar-refractivity contribution in [1.82, 2.24) is 9.88 Å². The molecule has 1 saturated carbocycles. The minimum atomic E-state index is 0.195. The Hall–Kier alpha value is -1.09. The van der Waals surface area contributed by atoms with Crippen molar-refractivity contribution in [1.29, 1.82) is 0 Å². The van der Waals surface area contributed by atoms with Crippen molar-refractivity contribution >= 4 is 0 Å². The SMILES string of the molecule is CC(C)CNCc1cccn(C2CCCC2)c1=O. The van der Waals surface area contributed by atoms with Gasteiger partial charge in [0.05, 0.1) is 0 Å². The minimum absolute atomic E-state index is 0.195. The van der Waals surface area contributed by atoms with Gasteiger partial charge in [-0.25, -0.2) is 0 Å². The number of aromatic nitrogens is 1. The van der Waals surface area contributed by atoms with Crippen molar-refractivity contribution in [3.63, 3.8) is 0 Å². The van der Waals surface area contributed by atoms with Gasteiger partial charge in [0, 0.05) is 24.3 Å². The number of hydrogen-bond donors (Lipinski definition) is 1. The highest BCUT2D eigenvalue weighted by Gasteiger charge is 2.18. The Morgan fingerprint density at radius 1 is 1.39 bits per heavy atom. The molecule has 3 heteroatoms. The fourth-order valence-electron chi connectivity index (χ4n) is 2.66. The Balaban J connectivity index is 2.07. The van der Waals surface area contributed by atoms with Crippen molar-refractivity contribution in [2.45, 2.75) is 52.1 Å². The second kappa shape index (κ2) is 6.19. The minimum Gasteiger partial charge on any atom is -0.312 e. The van der Waals surface area contributed by atoms with E-state index >= 15 is 0 Å². The molecule has 0 spiro atoms. The molecule has 0 atom stereocenters. The number of nitrogens with one attached hydrogen (secondary N) is 1. The Morgan fingerprint density at radius 3 is 2.78 bits per heavy atom. The Bertz CT molecular complexity index is 430. The molecule has 1 fully saturated rings. The van der Waals surface area contributed by atoms with E-state index in [0.717, 1.165) is 24.9 Å². The van der Waals surface area contributed by atoms with Gasteiger partial charge in [-0.2, -0.15) is 0 Å². The van der Waals surface area contributed by atoms with Crippen LogP contribution in [0.15, 0.2) is 23.1 Å². The molecule has 3 nitrogen and oxygen atoms in total. The topological polar surface area (TPSA) is 34.0 Å². The van der Waals surface area contributed by atoms with Gasteiger partial charge in [0.1, 0.15) is 0 Å². The highest BCUT2D eigenvalue weighted by molar-refractivity contribution is 5.11. The third-order valence-corrected chi connectivity index (χ3v) is 3.64. The number of rotatable bonds is 5. The number of hydrogen-bond acceptors (Lipinski definition) is 2. The standard InChI is InChI=1S/C15H24N2O/c1-12(2)10-16-11-13-6-5-9-17(15(13)18)14-7-3-4-8-14/h5-6,9,12,14,16H,3-4,7-8,10-11H2,1-2H3. The maximum absolute atomic E-state index is 12.4. The quantitative estimate of drug-likeness (QED) is 0.869. The Morgan fingerprint density at radius 2 is 2.11 bits per heavy atom. The normalized spacial score (nSPS) is 16.6. The molecule has 1 aliphatic carbocycles. The van der Waals surface area contributed by atoms with Crippen LogP contribution in [0.5, 0.6) is 0 Å². The van der Waals surface area contributed by atoms with Crippen LogP contribution in [0.1, 0.15) is 51.1 Å². The summed E-state index contributed by atoms with van der Waals surface area (Å²) >= 11 is 0. The van der Waals surface area contributed by atoms with Crippen LogP contribution >= 0.6 is 0 Å². The van der Waals surface area contributed by atoms with Crippen molar-refractivity contribution in [3.05, 3.63) is 34.2 Å². The van der Waals surface area contributed by atoms with Crippen LogP contribution in [0, 0.1) is 5.92 Å². The van der Waals surface area contributed by atoms with Gasteiger partial charge in [0.2, 0.25) is 0 Å². The molecule has 100 valence electrons. The molecule has 2 rings (SSSR count). The molecule has 0 aromatic carbocycles. The second-order valence-electron chi connectivity index (χ2n) is 5.71. The van der Waals surface area contributed by atoms with Crippen LogP contribution in [0.25, 0.3) is 0 Å². The zero-order chi connectivity index (χ0) is 13.0. The summed E-state index contributed by atoms with van der Waals surface area (Å²) in [4.78, 5) is 12.4. The van der Waals surface area contributed by atoms with E-state index in [2.05, 4.69) is 19.2 Å². The lowest BCUT2D eigenvalue weighted by molar-refractivity contribution is 0.493. The van der Waals surface area contributed by atoms with Crippen LogP contribution in [-0.4, -0.2) is 11.1 Å². The molecule has 1 N–H and O–H groups in total. The first-order chi connectivity index (χ1) is 8.68. The summed E-state index contributed by atoms with van der Waals surface area (Å²) < 4.78 is 1.94. The summed E-state index contributed by atoms with van der Waals surface area (Å²) in [6.45, 7) is 5.99. The first-order valence-electron chi connectivity index (χ1n) is 7.09. The van der Waals surface area contributed by atoms with Crippen molar-refractivity contribution in [2.24, 2.45) is 5.92 Å². The van der Waals surface area contributed by atoms with Crippen LogP contribution in [0.2, 0.25) is 0 Å². The van der Waals surface area contributed by atoms with Gasteiger partial charge >= 0.3 is 0 Å². The molecule has 0 amide bonds. The lowest BCUT2D eigenvalue weighted by Crippen LogP contribution is -2.29. The molecule has 1 aliphatic rings. The van der Waals surface area contributed by atoms with E-state index in [4.69, 9.17) is 0 Å². The van der Waals surface area contributed by atoms with Gasteiger partial charge in [-0.1, -0.05) is 32.8 Å². The van der Waals surface area contributed by atoms with Gasteiger partial charge in [0.25, 0.3) is 5.56 Å². The molecule has 1 aromatic rings. The van der Waals surface area contributed by atoms with Gasteiger partial charge < -0.3 is 9.88 Å². The fourth-order valence-corrected chi connectivity index (χ4v) is 2.66. The maximum atomic E-state index is 12.4. The Labute approximate surface area is 109 Å². The summed E-state index contributed by atoms with van der Waals surface area (Å²) in [5, 5.41) is 3.35. The lowest BCUT2D eigenvalue weighted by atomic mass is 10.2. The van der Waals surface area contributed by atoms with E-state index in [1.54, 1.807) is 0 Å². The third-order valence-electron chi connectivity index (χ3n) is 3.64. The van der Waals surface area contributed by atoms with E-state index < -0.39 is 0 Å². The molecule has 1 aromatic heterocycles. The molecule has 1 heterocycles. The van der Waals surface area contributed by atoms with Crippen LogP contribution in [-0.2, 0) is 6.54 Å². The Kier molecular flexibility index (Phi) is 4.59. The number of pyridine rings is 1. The van der Waals surface area contributed by atoms with Gasteiger partial charge in [-0.05, 0) is 31.4 Å². The predicted octanol–water partition coefficient (Wildman–Crippen LogP) is 2.71. The molecule has 0 aliphatic heterocycles. The lowest BCUT2D eigenvalue weighted by Gasteiger charge is -2.15. The summed E-state index contributed by atoms with van der Waals surface area (Å²) in [5.74, 6) is 0.616. The highest BCUT2D eigenvalue weighted by atomic mass is 16.1. The summed E-state index contributed by atoms with van der Waals surface area (Å²) in [6, 6.07) is 4.38. The van der Waals surface area contributed by atoms with Gasteiger partial charge in [-0.3, -0.25) is 4.79 Å². The van der Waals surface area contributed by atoms with Crippen molar-refractivity contribution < 1.29 is 0 Å². The zero-order valence-electron chi connectivity index (χ0n) is 11.5. The monoisotopic (exact) mass is 248 g/mol. The largest absolute Gasteiger partial charge is 0.312 e. The zero-order valence-corrected chi connectivity index (χ0v) is 11.5. The molecule has 0 saturated heterocycles. The fraction of sp³-hybridized carbons (Fsp3) is 0.667. The van der Waals surface area contributed by atoms with Crippen LogP contribution in [0.4, 0.5) is 0 Å². The van der Waals surface area contributed by atoms with E-state index in [1.807, 2.05) is 22.9 Å². The van der Waals surface area contributed by atoms with Crippen LogP contribution < -0.4 is 10.9 Å². The first kappa shape index (κ1) is 13.3. The average Bonchev–Trinajstić information content (AvgIpc) is 2.84. The van der Waals surface area contributed by atoms with Gasteiger partial charge in [-0.15, -0.1) is 0 Å². The van der Waals surface area contributed by atoms with Gasteiger partial charge in [0.15, 0.2) is 0 Å². The van der Waals surface area contributed by atoms with Crippen molar-refractivity contribution in [3.8, 4) is 0 Å². The average molecular weight is 248 g/mol. The molecular formula is C15H24N2O. The molecular weight excluding hydrogens is 224 g/mol. The van der Waals surface area contributed by atoms with E-state index in [1.165, 1.54) is 12.8 Å². The summed E-state index contributed by atoms with van der Waals surface area (Å²) in [7, 11) is 0. The summed E-state index contributed by atoms with van der Waals surface area (Å²) in [5.41, 5.74) is 1.09. The molecule has 0 unspecified atom stereocenters. The van der Waals surface area contributed by atoms with Crippen molar-refractivity contribution in [2.75, 3.05) is 6.54 Å². The first-order valence-corrected chi connectivity index (χ1v) is 7.09. The summed E-state index contributed by atoms with van der Waals surface area (Å²) in [6.07, 6.45) is 6.77. The van der Waals surface area contributed by atoms with E-state index in [0.29, 0.717) is 18.5 Å². The maximum Gasteiger partial charge on any atom is 0.255 e. The number of nitrogens with zero attached hydrogens (tertiary/aromatic N) is 1. The third kappa shape index (κ3) is 3.22. The smallest absolute Gasteiger partial charge is 0.255 e. The molecule has 18 heavy (non-hydrogen) atoms. The highest BCUT2D eigenvalue weighted by Crippen LogP contribution is 2.27. The van der Waals surface area contributed by atoms with E-state index in [-0.39, 0.29) is 5.56 Å². The predicted molar refractivity (Wildman–Crippen MR) is 74.8 cm³/mol. The second-order valence-corrected chi connectivity index (χ2v) is 5.71. The van der Waals surface area contributed by atoms with Crippen LogP contribution in [0.3, 0.4) is 0 Å².